The summed E-state index contributed by atoms with van der Waals surface area (Å²) in [6.07, 6.45) is 1.65. The van der Waals surface area contributed by atoms with Gasteiger partial charge in [-0.25, -0.2) is 18.9 Å². The number of nitrogens with one attached hydrogen (secondary N) is 1. The molecule has 0 fully saturated rings. The van der Waals surface area contributed by atoms with E-state index in [1.165, 1.54) is 4.57 Å². The van der Waals surface area contributed by atoms with Gasteiger partial charge in [0.2, 0.25) is 6.33 Å². The standard InChI is InChI=1S/C18H20N4O4/c1-12(2)8-20-11-19-16-15(20)17(25)22(10-14(23)24)18(26)21(16)9-13-6-4-3-5-7-13/h3-7,11-12H,8-10H2,1-2H3,(H,23,24)/p+1. The van der Waals surface area contributed by atoms with Gasteiger partial charge >= 0.3 is 17.2 Å². The van der Waals surface area contributed by atoms with Gasteiger partial charge in [-0.1, -0.05) is 44.2 Å². The quantitative estimate of drug-likeness (QED) is 0.630. The minimum Gasteiger partial charge on any atom is -0.480 e. The maximum atomic E-state index is 12.8. The summed E-state index contributed by atoms with van der Waals surface area (Å²) in [4.78, 5) is 39.8. The van der Waals surface area contributed by atoms with E-state index in [4.69, 9.17) is 5.11 Å². The normalized spacial score (nSPS) is 11.3. The lowest BCUT2D eigenvalue weighted by molar-refractivity contribution is -0.677. The Hall–Kier alpha value is -3.16. The van der Waals surface area contributed by atoms with Crippen molar-refractivity contribution in [1.29, 1.82) is 0 Å². The van der Waals surface area contributed by atoms with Crippen LogP contribution in [-0.2, 0) is 24.4 Å². The van der Waals surface area contributed by atoms with Crippen LogP contribution in [0.3, 0.4) is 0 Å². The third-order valence-corrected chi connectivity index (χ3v) is 4.09. The average molecular weight is 357 g/mol. The third kappa shape index (κ3) is 3.30. The maximum Gasteiger partial charge on any atom is 0.335 e. The van der Waals surface area contributed by atoms with E-state index < -0.39 is 23.8 Å². The number of carbonyl (C=O) groups is 1. The number of nitrogens with zero attached hydrogens (tertiary/aromatic N) is 3. The van der Waals surface area contributed by atoms with E-state index in [1.54, 1.807) is 10.9 Å². The highest BCUT2D eigenvalue weighted by Crippen LogP contribution is 2.07. The van der Waals surface area contributed by atoms with Crippen molar-refractivity contribution in [2.24, 2.45) is 5.92 Å². The molecule has 1 aromatic carbocycles. The number of aromatic amines is 1. The summed E-state index contributed by atoms with van der Waals surface area (Å²) in [6.45, 7) is 4.17. The highest BCUT2D eigenvalue weighted by atomic mass is 16.4. The molecule has 0 atom stereocenters. The van der Waals surface area contributed by atoms with Crippen molar-refractivity contribution in [3.63, 3.8) is 0 Å². The molecule has 0 saturated carbocycles. The van der Waals surface area contributed by atoms with E-state index in [2.05, 4.69) is 4.98 Å². The van der Waals surface area contributed by atoms with Crippen molar-refractivity contribution in [3.05, 3.63) is 63.1 Å². The fraction of sp³-hybridized carbons (Fsp3) is 0.333. The Labute approximate surface area is 149 Å². The van der Waals surface area contributed by atoms with Crippen LogP contribution in [0.25, 0.3) is 11.2 Å². The van der Waals surface area contributed by atoms with Crippen LogP contribution in [0.1, 0.15) is 19.4 Å². The van der Waals surface area contributed by atoms with E-state index in [0.29, 0.717) is 17.7 Å². The number of carboxylic acids is 1. The first-order valence-electron chi connectivity index (χ1n) is 8.38. The lowest BCUT2D eigenvalue weighted by Gasteiger charge is -2.09. The first-order valence-corrected chi connectivity index (χ1v) is 8.38. The first kappa shape index (κ1) is 17.7. The van der Waals surface area contributed by atoms with Gasteiger partial charge in [-0.2, -0.15) is 0 Å². The Morgan fingerprint density at radius 1 is 1.19 bits per heavy atom. The van der Waals surface area contributed by atoms with E-state index in [9.17, 15) is 14.4 Å². The molecule has 0 aliphatic heterocycles. The SMILES string of the molecule is CC(C)C[n+]1c[nH]c2c1c(=O)n(CC(=O)O)c(=O)n2Cc1ccccc1. The molecule has 0 unspecified atom stereocenters. The Morgan fingerprint density at radius 3 is 2.50 bits per heavy atom. The Balaban J connectivity index is 2.28. The van der Waals surface area contributed by atoms with Gasteiger partial charge in [-0.3, -0.25) is 14.2 Å². The van der Waals surface area contributed by atoms with Crippen LogP contribution < -0.4 is 15.8 Å². The molecule has 0 spiro atoms. The smallest absolute Gasteiger partial charge is 0.335 e. The lowest BCUT2D eigenvalue weighted by Crippen LogP contribution is -2.46. The third-order valence-electron chi connectivity index (χ3n) is 4.09. The number of aromatic nitrogens is 4. The average Bonchev–Trinajstić information content (AvgIpc) is 2.99. The number of fused-ring (bicyclic) bond motifs is 1. The number of aliphatic carboxylic acids is 1. The van der Waals surface area contributed by atoms with Crippen LogP contribution in [-0.4, -0.2) is 25.2 Å². The largest absolute Gasteiger partial charge is 0.480 e. The Morgan fingerprint density at radius 2 is 1.88 bits per heavy atom. The minimum absolute atomic E-state index is 0.234. The van der Waals surface area contributed by atoms with Crippen molar-refractivity contribution in [2.45, 2.75) is 33.5 Å². The van der Waals surface area contributed by atoms with Crippen LogP contribution in [0, 0.1) is 5.92 Å². The fourth-order valence-electron chi connectivity index (χ4n) is 3.02. The van der Waals surface area contributed by atoms with Gasteiger partial charge in [0.05, 0.1) is 13.1 Å². The van der Waals surface area contributed by atoms with Crippen molar-refractivity contribution in [2.75, 3.05) is 0 Å². The van der Waals surface area contributed by atoms with E-state index in [-0.39, 0.29) is 12.5 Å². The molecular weight excluding hydrogens is 336 g/mol. The molecule has 0 radical (unpaired) electrons. The zero-order valence-corrected chi connectivity index (χ0v) is 14.7. The van der Waals surface area contributed by atoms with Crippen LogP contribution in [0.5, 0.6) is 0 Å². The second kappa shape index (κ2) is 6.99. The molecule has 0 aliphatic carbocycles. The van der Waals surface area contributed by atoms with Crippen molar-refractivity contribution in [1.82, 2.24) is 14.1 Å². The van der Waals surface area contributed by atoms with Gasteiger partial charge in [-0.15, -0.1) is 0 Å². The Bertz CT molecular complexity index is 1060. The highest BCUT2D eigenvalue weighted by Gasteiger charge is 2.24. The van der Waals surface area contributed by atoms with Gasteiger partial charge in [0.1, 0.15) is 6.54 Å². The van der Waals surface area contributed by atoms with Crippen molar-refractivity contribution in [3.8, 4) is 0 Å². The van der Waals surface area contributed by atoms with Crippen LogP contribution in [0.15, 0.2) is 46.2 Å². The van der Waals surface area contributed by atoms with Crippen molar-refractivity contribution < 1.29 is 14.5 Å². The molecule has 8 heteroatoms. The molecule has 2 aromatic heterocycles. The van der Waals surface area contributed by atoms with Crippen LogP contribution in [0.2, 0.25) is 0 Å². The van der Waals surface area contributed by atoms with E-state index >= 15 is 0 Å². The molecule has 2 N–H and O–H groups in total. The molecule has 8 nitrogen and oxygen atoms in total. The predicted molar refractivity (Wildman–Crippen MR) is 95.0 cm³/mol. The number of rotatable bonds is 6. The molecular formula is C18H21N4O4+. The summed E-state index contributed by atoms with van der Waals surface area (Å²) < 4.78 is 3.92. The number of hydrogen-bond acceptors (Lipinski definition) is 3. The monoisotopic (exact) mass is 357 g/mol. The molecule has 0 bridgehead atoms. The summed E-state index contributed by atoms with van der Waals surface area (Å²) >= 11 is 0. The van der Waals surface area contributed by atoms with Crippen LogP contribution >= 0.6 is 0 Å². The Kier molecular flexibility index (Phi) is 4.75. The minimum atomic E-state index is -1.24. The fourth-order valence-corrected chi connectivity index (χ4v) is 3.02. The molecule has 0 saturated heterocycles. The number of imidazole rings is 1. The summed E-state index contributed by atoms with van der Waals surface area (Å²) in [5.74, 6) is -0.957. The van der Waals surface area contributed by atoms with Crippen LogP contribution in [0.4, 0.5) is 0 Å². The molecule has 3 rings (SSSR count). The molecule has 136 valence electrons. The number of H-pyrrole nitrogens is 1. The highest BCUT2D eigenvalue weighted by molar-refractivity contribution is 5.68. The first-order chi connectivity index (χ1) is 12.4. The summed E-state index contributed by atoms with van der Waals surface area (Å²) in [7, 11) is 0. The summed E-state index contributed by atoms with van der Waals surface area (Å²) in [5, 5.41) is 9.11. The van der Waals surface area contributed by atoms with Gasteiger partial charge in [0.25, 0.3) is 11.2 Å². The molecule has 26 heavy (non-hydrogen) atoms. The summed E-state index contributed by atoms with van der Waals surface area (Å²) in [5.41, 5.74) is 0.328. The summed E-state index contributed by atoms with van der Waals surface area (Å²) in [6, 6.07) is 9.33. The number of hydrogen-bond donors (Lipinski definition) is 2. The molecule has 0 amide bonds. The molecule has 0 aliphatic rings. The molecule has 2 heterocycles. The maximum absolute atomic E-state index is 12.8. The zero-order valence-electron chi connectivity index (χ0n) is 14.7. The number of carboxylic acid groups (broad SMARTS) is 1. The second-order valence-electron chi connectivity index (χ2n) is 6.66. The van der Waals surface area contributed by atoms with E-state index in [1.807, 2.05) is 44.2 Å². The predicted octanol–water partition coefficient (Wildman–Crippen LogP) is 0.568. The van der Waals surface area contributed by atoms with Gasteiger partial charge < -0.3 is 5.11 Å². The second-order valence-corrected chi connectivity index (χ2v) is 6.66. The van der Waals surface area contributed by atoms with Gasteiger partial charge in [0.15, 0.2) is 0 Å². The van der Waals surface area contributed by atoms with E-state index in [0.717, 1.165) is 10.1 Å². The molecule has 3 aromatic rings. The zero-order chi connectivity index (χ0) is 18.8. The number of benzene rings is 1. The topological polar surface area (TPSA) is 101 Å². The van der Waals surface area contributed by atoms with Crippen molar-refractivity contribution >= 4 is 17.1 Å². The van der Waals surface area contributed by atoms with Gasteiger partial charge in [0, 0.05) is 0 Å². The lowest BCUT2D eigenvalue weighted by atomic mass is 10.2. The van der Waals surface area contributed by atoms with Gasteiger partial charge in [-0.05, 0) is 11.5 Å².